The number of nitrogens with two attached hydrogens (primary N) is 1. The third-order valence-corrected chi connectivity index (χ3v) is 3.05. The van der Waals surface area contributed by atoms with E-state index in [-0.39, 0.29) is 5.41 Å². The van der Waals surface area contributed by atoms with E-state index in [0.717, 1.165) is 22.1 Å². The van der Waals surface area contributed by atoms with Crippen LogP contribution in [-0.2, 0) is 11.8 Å². The van der Waals surface area contributed by atoms with Gasteiger partial charge in [-0.25, -0.2) is 9.97 Å². The number of benzene rings is 1. The van der Waals surface area contributed by atoms with Crippen LogP contribution in [0.5, 0.6) is 0 Å². The van der Waals surface area contributed by atoms with E-state index in [9.17, 15) is 0 Å². The van der Waals surface area contributed by atoms with Crippen molar-refractivity contribution < 1.29 is 0 Å². The third-order valence-electron chi connectivity index (χ3n) is 2.81. The van der Waals surface area contributed by atoms with E-state index in [1.54, 1.807) is 0 Å². The molecule has 0 atom stereocenters. The van der Waals surface area contributed by atoms with Crippen molar-refractivity contribution in [3.05, 3.63) is 52.4 Å². The van der Waals surface area contributed by atoms with E-state index in [0.29, 0.717) is 12.2 Å². The van der Waals surface area contributed by atoms with Gasteiger partial charge in [-0.1, -0.05) is 44.5 Å². The first-order valence-electron chi connectivity index (χ1n) is 6.23. The van der Waals surface area contributed by atoms with Gasteiger partial charge < -0.3 is 5.73 Å². The Labute approximate surface area is 118 Å². The molecule has 1 aromatic carbocycles. The number of anilines is 1. The molecule has 0 bridgehead atoms. The van der Waals surface area contributed by atoms with Crippen LogP contribution in [0.2, 0.25) is 5.02 Å². The quantitative estimate of drug-likeness (QED) is 0.911. The third kappa shape index (κ3) is 3.67. The van der Waals surface area contributed by atoms with Gasteiger partial charge in [0.2, 0.25) is 0 Å². The lowest BCUT2D eigenvalue weighted by atomic mass is 9.92. The van der Waals surface area contributed by atoms with Gasteiger partial charge >= 0.3 is 0 Å². The van der Waals surface area contributed by atoms with Crippen LogP contribution in [0.4, 0.5) is 5.82 Å². The molecule has 100 valence electrons. The lowest BCUT2D eigenvalue weighted by Crippen LogP contribution is -2.16. The Morgan fingerprint density at radius 3 is 2.53 bits per heavy atom. The number of aromatic nitrogens is 2. The summed E-state index contributed by atoms with van der Waals surface area (Å²) in [6, 6.07) is 9.54. The molecule has 1 heterocycles. The second kappa shape index (κ2) is 5.17. The molecule has 0 radical (unpaired) electrons. The molecular weight excluding hydrogens is 258 g/mol. The first-order chi connectivity index (χ1) is 8.84. The maximum absolute atomic E-state index is 5.98. The molecule has 0 unspecified atom stereocenters. The van der Waals surface area contributed by atoms with Crippen molar-refractivity contribution in [2.75, 3.05) is 5.73 Å². The highest BCUT2D eigenvalue weighted by molar-refractivity contribution is 6.30. The molecular formula is C15H18ClN3. The van der Waals surface area contributed by atoms with Crippen molar-refractivity contribution >= 4 is 17.4 Å². The number of nitrogens with zero attached hydrogens (tertiary/aromatic N) is 2. The lowest BCUT2D eigenvalue weighted by Gasteiger charge is -2.18. The summed E-state index contributed by atoms with van der Waals surface area (Å²) in [5.74, 6) is 1.24. The van der Waals surface area contributed by atoms with Crippen LogP contribution in [0.1, 0.15) is 37.9 Å². The molecule has 3 nitrogen and oxygen atoms in total. The highest BCUT2D eigenvalue weighted by Crippen LogP contribution is 2.22. The standard InChI is InChI=1S/C15H18ClN3/c1-15(2,3)12-9-13(17)19-14(18-12)8-10-5-4-6-11(16)7-10/h4-7,9H,8H2,1-3H3,(H2,17,18,19). The second-order valence-electron chi connectivity index (χ2n) is 5.65. The first kappa shape index (κ1) is 13.8. The zero-order chi connectivity index (χ0) is 14.0. The Bertz CT molecular complexity index is 588. The molecule has 2 N–H and O–H groups in total. The SMILES string of the molecule is CC(C)(C)c1cc(N)nc(Cc2cccc(Cl)c2)n1. The van der Waals surface area contributed by atoms with E-state index in [2.05, 4.69) is 30.7 Å². The van der Waals surface area contributed by atoms with Gasteiger partial charge in [-0.3, -0.25) is 0 Å². The normalized spacial score (nSPS) is 11.6. The average Bonchev–Trinajstić information content (AvgIpc) is 2.26. The molecule has 0 amide bonds. The van der Waals surface area contributed by atoms with E-state index < -0.39 is 0 Å². The summed E-state index contributed by atoms with van der Waals surface area (Å²) in [4.78, 5) is 8.89. The van der Waals surface area contributed by atoms with Gasteiger partial charge in [0.15, 0.2) is 0 Å². The molecule has 0 aliphatic rings. The Morgan fingerprint density at radius 1 is 1.16 bits per heavy atom. The van der Waals surface area contributed by atoms with Crippen LogP contribution >= 0.6 is 11.6 Å². The summed E-state index contributed by atoms with van der Waals surface area (Å²) in [6.45, 7) is 6.33. The number of hydrogen-bond donors (Lipinski definition) is 1. The molecule has 0 spiro atoms. The number of nitrogen functional groups attached to an aromatic ring is 1. The van der Waals surface area contributed by atoms with E-state index in [4.69, 9.17) is 17.3 Å². The summed E-state index contributed by atoms with van der Waals surface area (Å²) in [7, 11) is 0. The van der Waals surface area contributed by atoms with Crippen LogP contribution < -0.4 is 5.73 Å². The number of halogens is 1. The second-order valence-corrected chi connectivity index (χ2v) is 6.09. The van der Waals surface area contributed by atoms with Crippen molar-refractivity contribution in [1.29, 1.82) is 0 Å². The lowest BCUT2D eigenvalue weighted by molar-refractivity contribution is 0.563. The van der Waals surface area contributed by atoms with E-state index in [1.807, 2.05) is 30.3 Å². The molecule has 0 fully saturated rings. The summed E-state index contributed by atoms with van der Waals surface area (Å²) in [5.41, 5.74) is 7.86. The highest BCUT2D eigenvalue weighted by atomic mass is 35.5. The summed E-state index contributed by atoms with van der Waals surface area (Å²) >= 11 is 5.98. The number of hydrogen-bond acceptors (Lipinski definition) is 3. The molecule has 19 heavy (non-hydrogen) atoms. The molecule has 0 aliphatic heterocycles. The molecule has 2 aromatic rings. The molecule has 4 heteroatoms. The van der Waals surface area contributed by atoms with Gasteiger partial charge in [0, 0.05) is 22.9 Å². The van der Waals surface area contributed by atoms with E-state index >= 15 is 0 Å². The van der Waals surface area contributed by atoms with Crippen molar-refractivity contribution in [1.82, 2.24) is 9.97 Å². The van der Waals surface area contributed by atoms with Gasteiger partial charge in [-0.15, -0.1) is 0 Å². The van der Waals surface area contributed by atoms with Crippen molar-refractivity contribution in [3.8, 4) is 0 Å². The maximum atomic E-state index is 5.98. The smallest absolute Gasteiger partial charge is 0.135 e. The predicted octanol–water partition coefficient (Wildman–Crippen LogP) is 3.60. The minimum absolute atomic E-state index is 0.0415. The largest absolute Gasteiger partial charge is 0.384 e. The van der Waals surface area contributed by atoms with Gasteiger partial charge in [0.05, 0.1) is 5.69 Å². The van der Waals surface area contributed by atoms with Gasteiger partial charge in [0.25, 0.3) is 0 Å². The highest BCUT2D eigenvalue weighted by Gasteiger charge is 2.17. The van der Waals surface area contributed by atoms with Crippen LogP contribution in [0.25, 0.3) is 0 Å². The minimum Gasteiger partial charge on any atom is -0.384 e. The zero-order valence-corrected chi connectivity index (χ0v) is 12.2. The van der Waals surface area contributed by atoms with Crippen LogP contribution in [0.3, 0.4) is 0 Å². The van der Waals surface area contributed by atoms with Crippen molar-refractivity contribution in [3.63, 3.8) is 0 Å². The van der Waals surface area contributed by atoms with Crippen LogP contribution in [0, 0.1) is 0 Å². The fourth-order valence-corrected chi connectivity index (χ4v) is 2.02. The molecule has 2 rings (SSSR count). The average molecular weight is 276 g/mol. The summed E-state index contributed by atoms with van der Waals surface area (Å²) in [6.07, 6.45) is 0.634. The maximum Gasteiger partial charge on any atom is 0.135 e. The predicted molar refractivity (Wildman–Crippen MR) is 79.4 cm³/mol. The molecule has 0 saturated carbocycles. The van der Waals surface area contributed by atoms with Crippen molar-refractivity contribution in [2.24, 2.45) is 0 Å². The van der Waals surface area contributed by atoms with E-state index in [1.165, 1.54) is 0 Å². The fourth-order valence-electron chi connectivity index (χ4n) is 1.81. The Kier molecular flexibility index (Phi) is 3.76. The monoisotopic (exact) mass is 275 g/mol. The molecule has 0 saturated heterocycles. The topological polar surface area (TPSA) is 51.8 Å². The van der Waals surface area contributed by atoms with Gasteiger partial charge in [-0.05, 0) is 17.7 Å². The zero-order valence-electron chi connectivity index (χ0n) is 11.4. The van der Waals surface area contributed by atoms with Crippen molar-refractivity contribution in [2.45, 2.75) is 32.6 Å². The first-order valence-corrected chi connectivity index (χ1v) is 6.61. The fraction of sp³-hybridized carbons (Fsp3) is 0.333. The Hall–Kier alpha value is -1.61. The van der Waals surface area contributed by atoms with Crippen LogP contribution in [-0.4, -0.2) is 9.97 Å². The Balaban J connectivity index is 2.33. The van der Waals surface area contributed by atoms with Gasteiger partial charge in [-0.2, -0.15) is 0 Å². The minimum atomic E-state index is -0.0415. The van der Waals surface area contributed by atoms with Crippen LogP contribution in [0.15, 0.2) is 30.3 Å². The number of rotatable bonds is 2. The summed E-state index contributed by atoms with van der Waals surface area (Å²) in [5, 5.41) is 0.720. The molecule has 0 aliphatic carbocycles. The summed E-state index contributed by atoms with van der Waals surface area (Å²) < 4.78 is 0. The van der Waals surface area contributed by atoms with Gasteiger partial charge in [0.1, 0.15) is 11.6 Å². The Morgan fingerprint density at radius 2 is 1.89 bits per heavy atom. The molecule has 1 aromatic heterocycles.